The highest BCUT2D eigenvalue weighted by atomic mass is 16.6. The molecule has 0 spiro atoms. The zero-order valence-corrected chi connectivity index (χ0v) is 15.3. The average Bonchev–Trinajstić information content (AvgIpc) is 2.66. The molecule has 0 saturated carbocycles. The first kappa shape index (κ1) is 18.5. The van der Waals surface area contributed by atoms with E-state index in [0.29, 0.717) is 32.8 Å². The van der Waals surface area contributed by atoms with Crippen LogP contribution in [0.4, 0.5) is 0 Å². The van der Waals surface area contributed by atoms with E-state index in [4.69, 9.17) is 15.2 Å². The van der Waals surface area contributed by atoms with Crippen molar-refractivity contribution in [1.82, 2.24) is 9.80 Å². The monoisotopic (exact) mass is 361 g/mol. The Morgan fingerprint density at radius 2 is 1.88 bits per heavy atom. The number of likely N-dealkylation sites (tertiary alicyclic amines) is 1. The molecule has 1 aromatic carbocycles. The number of nitrogens with two attached hydrogens (primary N) is 1. The molecule has 2 N–H and O–H groups in total. The summed E-state index contributed by atoms with van der Waals surface area (Å²) in [6, 6.07) is 5.82. The summed E-state index contributed by atoms with van der Waals surface area (Å²) in [6.07, 6.45) is 1.47. The fourth-order valence-corrected chi connectivity index (χ4v) is 3.45. The predicted octanol–water partition coefficient (Wildman–Crippen LogP) is 1.00. The lowest BCUT2D eigenvalue weighted by Gasteiger charge is -2.32. The summed E-state index contributed by atoms with van der Waals surface area (Å²) in [7, 11) is 0. The number of rotatable bonds is 6. The summed E-state index contributed by atoms with van der Waals surface area (Å²) in [5, 5.41) is 0. The van der Waals surface area contributed by atoms with Crippen molar-refractivity contribution in [3.63, 3.8) is 0 Å². The van der Waals surface area contributed by atoms with E-state index in [2.05, 4.69) is 4.90 Å². The lowest BCUT2D eigenvalue weighted by atomic mass is 9.96. The maximum Gasteiger partial charge on any atom is 0.237 e. The van der Waals surface area contributed by atoms with Gasteiger partial charge in [-0.3, -0.25) is 14.5 Å². The van der Waals surface area contributed by atoms with Crippen LogP contribution in [0.3, 0.4) is 0 Å². The van der Waals surface area contributed by atoms with Gasteiger partial charge in [-0.15, -0.1) is 0 Å². The highest BCUT2D eigenvalue weighted by Crippen LogP contribution is 2.31. The molecule has 2 aliphatic rings. The summed E-state index contributed by atoms with van der Waals surface area (Å²) < 4.78 is 11.2. The van der Waals surface area contributed by atoms with Gasteiger partial charge in [-0.1, -0.05) is 6.07 Å². The van der Waals surface area contributed by atoms with Crippen molar-refractivity contribution in [1.29, 1.82) is 0 Å². The zero-order valence-electron chi connectivity index (χ0n) is 15.3. The standard InChI is InChI=1S/C19H27N3O4/c1-2-22(12-14-3-4-16-17(11-14)26-10-9-25-16)18(23)13-21-7-5-15(6-8-21)19(20)24/h3-4,11,15H,2,5-10,12-13H2,1H3,(H2,20,24). The number of benzene rings is 1. The molecule has 7 nitrogen and oxygen atoms in total. The molecule has 0 bridgehead atoms. The van der Waals surface area contributed by atoms with E-state index in [1.807, 2.05) is 30.0 Å². The van der Waals surface area contributed by atoms with Gasteiger partial charge < -0.3 is 20.1 Å². The van der Waals surface area contributed by atoms with Crippen LogP contribution in [0.1, 0.15) is 25.3 Å². The smallest absolute Gasteiger partial charge is 0.237 e. The molecule has 1 saturated heterocycles. The van der Waals surface area contributed by atoms with E-state index in [0.717, 1.165) is 43.0 Å². The summed E-state index contributed by atoms with van der Waals surface area (Å²) >= 11 is 0. The molecule has 0 radical (unpaired) electrons. The van der Waals surface area contributed by atoms with E-state index < -0.39 is 0 Å². The van der Waals surface area contributed by atoms with Crippen LogP contribution in [0.5, 0.6) is 11.5 Å². The third-order valence-electron chi connectivity index (χ3n) is 5.06. The van der Waals surface area contributed by atoms with Gasteiger partial charge in [-0.2, -0.15) is 0 Å². The molecule has 1 aromatic rings. The number of nitrogens with zero attached hydrogens (tertiary/aromatic N) is 2. The second-order valence-electron chi connectivity index (χ2n) is 6.84. The predicted molar refractivity (Wildman–Crippen MR) is 96.9 cm³/mol. The number of likely N-dealkylation sites (N-methyl/N-ethyl adjacent to an activating group) is 1. The van der Waals surface area contributed by atoms with Crippen LogP contribution >= 0.6 is 0 Å². The minimum atomic E-state index is -0.232. The van der Waals surface area contributed by atoms with Crippen LogP contribution in [0.2, 0.25) is 0 Å². The van der Waals surface area contributed by atoms with Crippen LogP contribution in [0.15, 0.2) is 18.2 Å². The summed E-state index contributed by atoms with van der Waals surface area (Å²) in [5.41, 5.74) is 6.39. The van der Waals surface area contributed by atoms with E-state index in [1.54, 1.807) is 0 Å². The number of carbonyl (C=O) groups is 2. The maximum absolute atomic E-state index is 12.7. The fraction of sp³-hybridized carbons (Fsp3) is 0.579. The van der Waals surface area contributed by atoms with Crippen molar-refractivity contribution >= 4 is 11.8 Å². The topological polar surface area (TPSA) is 85.1 Å². The quantitative estimate of drug-likeness (QED) is 0.817. The zero-order chi connectivity index (χ0) is 18.5. The first-order valence-electron chi connectivity index (χ1n) is 9.24. The first-order valence-corrected chi connectivity index (χ1v) is 9.24. The largest absolute Gasteiger partial charge is 0.486 e. The van der Waals surface area contributed by atoms with Crippen molar-refractivity contribution in [3.05, 3.63) is 23.8 Å². The van der Waals surface area contributed by atoms with Gasteiger partial charge in [0.25, 0.3) is 0 Å². The van der Waals surface area contributed by atoms with Gasteiger partial charge in [0, 0.05) is 19.0 Å². The number of piperidine rings is 1. The average molecular weight is 361 g/mol. The van der Waals surface area contributed by atoms with E-state index >= 15 is 0 Å². The molecule has 142 valence electrons. The molecule has 0 unspecified atom stereocenters. The second kappa shape index (κ2) is 8.40. The van der Waals surface area contributed by atoms with Crippen LogP contribution in [0.25, 0.3) is 0 Å². The molecule has 26 heavy (non-hydrogen) atoms. The van der Waals surface area contributed by atoms with Crippen LogP contribution in [-0.4, -0.2) is 61.0 Å². The third kappa shape index (κ3) is 4.46. The van der Waals surface area contributed by atoms with Crippen molar-refractivity contribution in [3.8, 4) is 11.5 Å². The summed E-state index contributed by atoms with van der Waals surface area (Å²) in [4.78, 5) is 27.9. The van der Waals surface area contributed by atoms with Gasteiger partial charge >= 0.3 is 0 Å². The van der Waals surface area contributed by atoms with Crippen molar-refractivity contribution < 1.29 is 19.1 Å². The first-order chi connectivity index (χ1) is 12.6. The minimum absolute atomic E-state index is 0.0543. The van der Waals surface area contributed by atoms with E-state index in [1.165, 1.54) is 0 Å². The van der Waals surface area contributed by atoms with Gasteiger partial charge in [0.2, 0.25) is 11.8 Å². The lowest BCUT2D eigenvalue weighted by Crippen LogP contribution is -2.44. The van der Waals surface area contributed by atoms with E-state index in [9.17, 15) is 9.59 Å². The normalized spacial score (nSPS) is 17.7. The Morgan fingerprint density at radius 3 is 2.54 bits per heavy atom. The molecule has 2 aliphatic heterocycles. The van der Waals surface area contributed by atoms with Crippen LogP contribution in [0, 0.1) is 5.92 Å². The molecule has 2 amide bonds. The van der Waals surface area contributed by atoms with Crippen molar-refractivity contribution in [2.45, 2.75) is 26.3 Å². The summed E-state index contributed by atoms with van der Waals surface area (Å²) in [5.74, 6) is 1.31. The Kier molecular flexibility index (Phi) is 5.98. The Hall–Kier alpha value is -2.28. The van der Waals surface area contributed by atoms with Crippen LogP contribution < -0.4 is 15.2 Å². The van der Waals surface area contributed by atoms with Gasteiger partial charge in [0.05, 0.1) is 6.54 Å². The Morgan fingerprint density at radius 1 is 1.19 bits per heavy atom. The molecule has 1 fully saturated rings. The molecule has 0 aromatic heterocycles. The fourth-order valence-electron chi connectivity index (χ4n) is 3.45. The third-order valence-corrected chi connectivity index (χ3v) is 5.06. The Bertz CT molecular complexity index is 656. The number of ether oxygens (including phenoxy) is 2. The van der Waals surface area contributed by atoms with Gasteiger partial charge in [0.15, 0.2) is 11.5 Å². The van der Waals surface area contributed by atoms with E-state index in [-0.39, 0.29) is 17.7 Å². The van der Waals surface area contributed by atoms with Crippen molar-refractivity contribution in [2.75, 3.05) is 39.4 Å². The molecule has 2 heterocycles. The molecular formula is C19H27N3O4. The maximum atomic E-state index is 12.7. The molecule has 0 atom stereocenters. The van der Waals surface area contributed by atoms with Gasteiger partial charge in [-0.05, 0) is 50.6 Å². The highest BCUT2D eigenvalue weighted by Gasteiger charge is 2.25. The number of hydrogen-bond donors (Lipinski definition) is 1. The van der Waals surface area contributed by atoms with Gasteiger partial charge in [0.1, 0.15) is 13.2 Å². The number of amides is 2. The molecule has 3 rings (SSSR count). The summed E-state index contributed by atoms with van der Waals surface area (Å²) in [6.45, 7) is 6.14. The molecule has 0 aliphatic carbocycles. The molecular weight excluding hydrogens is 334 g/mol. The highest BCUT2D eigenvalue weighted by molar-refractivity contribution is 5.78. The SMILES string of the molecule is CCN(Cc1ccc2c(c1)OCCO2)C(=O)CN1CCC(C(N)=O)CC1. The van der Waals surface area contributed by atoms with Gasteiger partial charge in [-0.25, -0.2) is 0 Å². The molecule has 7 heteroatoms. The number of carbonyl (C=O) groups excluding carboxylic acids is 2. The minimum Gasteiger partial charge on any atom is -0.486 e. The Labute approximate surface area is 154 Å². The number of fused-ring (bicyclic) bond motifs is 1. The number of primary amides is 1. The van der Waals surface area contributed by atoms with Crippen LogP contribution in [-0.2, 0) is 16.1 Å². The lowest BCUT2D eigenvalue weighted by molar-refractivity contribution is -0.133. The number of hydrogen-bond acceptors (Lipinski definition) is 5. The Balaban J connectivity index is 1.55. The second-order valence-corrected chi connectivity index (χ2v) is 6.84. The van der Waals surface area contributed by atoms with Crippen molar-refractivity contribution in [2.24, 2.45) is 11.7 Å².